The molecule has 0 radical (unpaired) electrons. The highest BCUT2D eigenvalue weighted by Gasteiger charge is 2.21. The minimum Gasteiger partial charge on any atom is -0.437 e. The van der Waals surface area contributed by atoms with Gasteiger partial charge in [-0.1, -0.05) is 50.2 Å². The number of rotatable bonds is 5. The van der Waals surface area contributed by atoms with E-state index in [-0.39, 0.29) is 34.0 Å². The number of nitro groups is 1. The summed E-state index contributed by atoms with van der Waals surface area (Å²) in [5, 5.41) is 15.1. The smallest absolute Gasteiger partial charge is 0.312 e. The molecule has 4 aromatic rings. The summed E-state index contributed by atoms with van der Waals surface area (Å²) in [6.45, 7) is 4.41. The lowest BCUT2D eigenvalue weighted by Gasteiger charge is -2.09. The monoisotopic (exact) mass is 389 g/mol. The van der Waals surface area contributed by atoms with Gasteiger partial charge in [0.25, 0.3) is 0 Å². The summed E-state index contributed by atoms with van der Waals surface area (Å²) < 4.78 is 5.82. The first-order valence-corrected chi connectivity index (χ1v) is 9.27. The van der Waals surface area contributed by atoms with E-state index in [9.17, 15) is 14.9 Å². The zero-order chi connectivity index (χ0) is 20.5. The lowest BCUT2D eigenvalue weighted by molar-refractivity contribution is -0.384. The highest BCUT2D eigenvalue weighted by Crippen LogP contribution is 2.29. The van der Waals surface area contributed by atoms with E-state index in [4.69, 9.17) is 4.42 Å². The number of nitrogens with zero attached hydrogens (tertiary/aromatic N) is 2. The zero-order valence-electron chi connectivity index (χ0n) is 16.0. The Bertz CT molecular complexity index is 1280. The Labute approximate surface area is 166 Å². The first-order valence-electron chi connectivity index (χ1n) is 9.27. The van der Waals surface area contributed by atoms with Gasteiger partial charge in [0.05, 0.1) is 15.7 Å². The molecule has 2 aromatic heterocycles. The second kappa shape index (κ2) is 7.35. The van der Waals surface area contributed by atoms with Crippen LogP contribution in [0.2, 0.25) is 0 Å². The molecule has 29 heavy (non-hydrogen) atoms. The SMILES string of the molecule is CC(C)c1ccc2oc3nc(NCc4ccccc4)c([N+](=O)[O-])cc3c(=O)c2c1. The van der Waals surface area contributed by atoms with Gasteiger partial charge < -0.3 is 9.73 Å². The highest BCUT2D eigenvalue weighted by atomic mass is 16.6. The summed E-state index contributed by atoms with van der Waals surface area (Å²) in [6, 6.07) is 16.1. The first-order chi connectivity index (χ1) is 13.9. The second-order valence-corrected chi connectivity index (χ2v) is 7.15. The van der Waals surface area contributed by atoms with E-state index >= 15 is 0 Å². The van der Waals surface area contributed by atoms with Gasteiger partial charge in [0.1, 0.15) is 5.58 Å². The highest BCUT2D eigenvalue weighted by molar-refractivity contribution is 5.90. The van der Waals surface area contributed by atoms with E-state index in [2.05, 4.69) is 10.3 Å². The normalized spacial score (nSPS) is 11.3. The quantitative estimate of drug-likeness (QED) is 0.293. The van der Waals surface area contributed by atoms with Crippen molar-refractivity contribution in [2.24, 2.45) is 0 Å². The van der Waals surface area contributed by atoms with E-state index in [0.29, 0.717) is 17.5 Å². The van der Waals surface area contributed by atoms with E-state index in [1.165, 1.54) is 6.07 Å². The molecule has 0 aliphatic rings. The van der Waals surface area contributed by atoms with Crippen LogP contribution in [0, 0.1) is 10.1 Å². The summed E-state index contributed by atoms with van der Waals surface area (Å²) in [5.74, 6) is 0.305. The number of hydrogen-bond acceptors (Lipinski definition) is 6. The molecular weight excluding hydrogens is 370 g/mol. The molecule has 0 saturated heterocycles. The molecule has 0 amide bonds. The molecule has 0 aliphatic carbocycles. The Hall–Kier alpha value is -3.74. The molecule has 7 heteroatoms. The van der Waals surface area contributed by atoms with Crippen molar-refractivity contribution in [3.63, 3.8) is 0 Å². The summed E-state index contributed by atoms with van der Waals surface area (Å²) in [4.78, 5) is 28.3. The van der Waals surface area contributed by atoms with Gasteiger partial charge in [0.15, 0.2) is 0 Å². The number of anilines is 1. The molecule has 146 valence electrons. The van der Waals surface area contributed by atoms with Crippen molar-refractivity contribution in [1.82, 2.24) is 4.98 Å². The van der Waals surface area contributed by atoms with Crippen LogP contribution in [0.5, 0.6) is 0 Å². The molecule has 0 spiro atoms. The maximum absolute atomic E-state index is 13.0. The van der Waals surface area contributed by atoms with Crippen molar-refractivity contribution in [3.8, 4) is 0 Å². The number of hydrogen-bond donors (Lipinski definition) is 1. The average Bonchev–Trinajstić information content (AvgIpc) is 2.72. The van der Waals surface area contributed by atoms with Crippen LogP contribution in [-0.4, -0.2) is 9.91 Å². The number of fused-ring (bicyclic) bond motifs is 2. The van der Waals surface area contributed by atoms with Crippen LogP contribution in [0.1, 0.15) is 30.9 Å². The molecule has 0 aliphatic heterocycles. The van der Waals surface area contributed by atoms with Gasteiger partial charge in [-0.25, -0.2) is 0 Å². The third kappa shape index (κ3) is 3.54. The molecule has 0 bridgehead atoms. The topological polar surface area (TPSA) is 98.3 Å². The Morgan fingerprint density at radius 3 is 2.55 bits per heavy atom. The average molecular weight is 389 g/mol. The van der Waals surface area contributed by atoms with Gasteiger partial charge in [0.2, 0.25) is 17.0 Å². The molecule has 0 atom stereocenters. The third-order valence-corrected chi connectivity index (χ3v) is 4.83. The third-order valence-electron chi connectivity index (χ3n) is 4.83. The molecule has 1 N–H and O–H groups in total. The van der Waals surface area contributed by atoms with E-state index in [1.807, 2.05) is 50.2 Å². The van der Waals surface area contributed by atoms with Crippen molar-refractivity contribution in [3.05, 3.63) is 86.1 Å². The fourth-order valence-electron chi connectivity index (χ4n) is 3.20. The van der Waals surface area contributed by atoms with Gasteiger partial charge in [-0.3, -0.25) is 14.9 Å². The van der Waals surface area contributed by atoms with Gasteiger partial charge in [-0.2, -0.15) is 4.98 Å². The van der Waals surface area contributed by atoms with Gasteiger partial charge in [0, 0.05) is 12.6 Å². The van der Waals surface area contributed by atoms with E-state index in [1.54, 1.807) is 12.1 Å². The molecule has 0 fully saturated rings. The summed E-state index contributed by atoms with van der Waals surface area (Å²) in [5.41, 5.74) is 1.83. The summed E-state index contributed by atoms with van der Waals surface area (Å²) in [6.07, 6.45) is 0. The summed E-state index contributed by atoms with van der Waals surface area (Å²) in [7, 11) is 0. The molecule has 2 aromatic carbocycles. The van der Waals surface area contributed by atoms with Crippen LogP contribution in [0.4, 0.5) is 11.5 Å². The minimum atomic E-state index is -0.548. The fourth-order valence-corrected chi connectivity index (χ4v) is 3.20. The number of pyridine rings is 1. The van der Waals surface area contributed by atoms with E-state index in [0.717, 1.165) is 11.1 Å². The van der Waals surface area contributed by atoms with Crippen molar-refractivity contribution >= 4 is 33.6 Å². The molecular formula is C22H19N3O4. The Balaban J connectivity index is 1.86. The largest absolute Gasteiger partial charge is 0.437 e. The van der Waals surface area contributed by atoms with Crippen molar-refractivity contribution < 1.29 is 9.34 Å². The van der Waals surface area contributed by atoms with Crippen LogP contribution in [0.25, 0.3) is 22.1 Å². The molecule has 2 heterocycles. The van der Waals surface area contributed by atoms with Crippen LogP contribution >= 0.6 is 0 Å². The number of benzene rings is 2. The number of aromatic nitrogens is 1. The maximum Gasteiger partial charge on any atom is 0.312 e. The Morgan fingerprint density at radius 1 is 1.10 bits per heavy atom. The zero-order valence-corrected chi connectivity index (χ0v) is 16.0. The van der Waals surface area contributed by atoms with Gasteiger partial charge >= 0.3 is 5.69 Å². The number of nitrogens with one attached hydrogen (secondary N) is 1. The lowest BCUT2D eigenvalue weighted by atomic mass is 10.0. The Kier molecular flexibility index (Phi) is 4.72. The molecule has 4 rings (SSSR count). The second-order valence-electron chi connectivity index (χ2n) is 7.15. The molecule has 0 saturated carbocycles. The predicted octanol–water partition coefficient (Wildman–Crippen LogP) is 4.98. The van der Waals surface area contributed by atoms with Crippen molar-refractivity contribution in [2.75, 3.05) is 5.32 Å². The fraction of sp³-hybridized carbons (Fsp3) is 0.182. The van der Waals surface area contributed by atoms with Crippen molar-refractivity contribution in [1.29, 1.82) is 0 Å². The maximum atomic E-state index is 13.0. The lowest BCUT2D eigenvalue weighted by Crippen LogP contribution is -2.09. The molecule has 7 nitrogen and oxygen atoms in total. The molecule has 0 unspecified atom stereocenters. The standard InChI is InChI=1S/C22H19N3O4/c1-13(2)15-8-9-19-16(10-15)20(26)17-11-18(25(27)28)21(24-22(17)29-19)23-12-14-6-4-3-5-7-14/h3-11,13H,12H2,1-2H3,(H,23,24). The summed E-state index contributed by atoms with van der Waals surface area (Å²) >= 11 is 0. The van der Waals surface area contributed by atoms with Crippen LogP contribution in [0.15, 0.2) is 63.8 Å². The Morgan fingerprint density at radius 2 is 1.86 bits per heavy atom. The first kappa shape index (κ1) is 18.6. The van der Waals surface area contributed by atoms with Gasteiger partial charge in [-0.15, -0.1) is 0 Å². The van der Waals surface area contributed by atoms with Crippen molar-refractivity contribution in [2.45, 2.75) is 26.3 Å². The van der Waals surface area contributed by atoms with Crippen LogP contribution < -0.4 is 10.7 Å². The van der Waals surface area contributed by atoms with Crippen LogP contribution in [0.3, 0.4) is 0 Å². The van der Waals surface area contributed by atoms with Gasteiger partial charge in [-0.05, 0) is 29.2 Å². The minimum absolute atomic E-state index is 0.0626. The van der Waals surface area contributed by atoms with Crippen LogP contribution in [-0.2, 0) is 6.54 Å². The predicted molar refractivity (Wildman–Crippen MR) is 112 cm³/mol. The van der Waals surface area contributed by atoms with E-state index < -0.39 is 4.92 Å².